The Morgan fingerprint density at radius 1 is 0.565 bits per heavy atom. The van der Waals surface area contributed by atoms with Crippen molar-refractivity contribution < 1.29 is 18.6 Å². The Labute approximate surface area is 279 Å². The van der Waals surface area contributed by atoms with Gasteiger partial charge in [0, 0.05) is 24.9 Å². The van der Waals surface area contributed by atoms with E-state index < -0.39 is 0 Å². The van der Waals surface area contributed by atoms with Crippen LogP contribution in [0.3, 0.4) is 0 Å². The molecule has 1 aliphatic carbocycles. The lowest BCUT2D eigenvalue weighted by Gasteiger charge is -2.50. The largest absolute Gasteiger partial charge is 0.356 e. The molecule has 2 aromatic carbocycles. The molecule has 3 fully saturated rings. The zero-order valence-electron chi connectivity index (χ0n) is 28.9. The van der Waals surface area contributed by atoms with Crippen LogP contribution in [0.15, 0.2) is 60.7 Å². The highest BCUT2D eigenvalue weighted by atomic mass is 16.2. The molecule has 6 heteroatoms. The van der Waals surface area contributed by atoms with Crippen LogP contribution in [0, 0.1) is 11.8 Å². The summed E-state index contributed by atoms with van der Waals surface area (Å²) in [6, 6.07) is 20.6. The lowest BCUT2D eigenvalue weighted by atomic mass is 9.52. The number of carbonyl (C=O) groups excluding carboxylic acids is 2. The summed E-state index contributed by atoms with van der Waals surface area (Å²) < 4.78 is 2.50. The lowest BCUT2D eigenvalue weighted by molar-refractivity contribution is -0.931. The molecule has 46 heavy (non-hydrogen) atoms. The molecule has 0 spiro atoms. The smallest absolute Gasteiger partial charge is 0.224 e. The van der Waals surface area contributed by atoms with E-state index in [0.717, 1.165) is 36.8 Å². The van der Waals surface area contributed by atoms with Gasteiger partial charge in [-0.2, -0.15) is 0 Å². The summed E-state index contributed by atoms with van der Waals surface area (Å²) in [6.07, 6.45) is 12.4. The molecule has 0 unspecified atom stereocenters. The van der Waals surface area contributed by atoms with Crippen LogP contribution < -0.4 is 10.6 Å². The number of hydrogen-bond donors (Lipinski definition) is 2. The Morgan fingerprint density at radius 2 is 0.935 bits per heavy atom. The van der Waals surface area contributed by atoms with E-state index in [-0.39, 0.29) is 35.5 Å². The van der Waals surface area contributed by atoms with Gasteiger partial charge in [0.1, 0.15) is 0 Å². The van der Waals surface area contributed by atoms with E-state index >= 15 is 0 Å². The predicted octanol–water partition coefficient (Wildman–Crippen LogP) is 6.63. The molecular weight excluding hydrogens is 568 g/mol. The zero-order valence-corrected chi connectivity index (χ0v) is 28.9. The fraction of sp³-hybridized carbons (Fsp3) is 0.650. The van der Waals surface area contributed by atoms with Crippen molar-refractivity contribution in [2.75, 3.05) is 65.4 Å². The van der Waals surface area contributed by atoms with E-state index in [1.54, 1.807) is 0 Å². The van der Waals surface area contributed by atoms with E-state index in [1.165, 1.54) is 99.8 Å². The van der Waals surface area contributed by atoms with Crippen LogP contribution >= 0.6 is 0 Å². The number of benzene rings is 2. The summed E-state index contributed by atoms with van der Waals surface area (Å²) in [5.41, 5.74) is 2.18. The van der Waals surface area contributed by atoms with Gasteiger partial charge in [0.2, 0.25) is 11.8 Å². The first-order chi connectivity index (χ1) is 22.5. The molecule has 5 rings (SSSR count). The number of nitrogens with zero attached hydrogens (tertiary/aromatic N) is 2. The predicted molar refractivity (Wildman–Crippen MR) is 188 cm³/mol. The molecule has 2 heterocycles. The van der Waals surface area contributed by atoms with Crippen molar-refractivity contribution in [3.8, 4) is 0 Å². The van der Waals surface area contributed by atoms with Crippen molar-refractivity contribution in [3.63, 3.8) is 0 Å². The molecule has 2 N–H and O–H groups in total. The highest BCUT2D eigenvalue weighted by molar-refractivity contribution is 5.90. The monoisotopic (exact) mass is 630 g/mol. The zero-order chi connectivity index (χ0) is 32.2. The molecule has 2 aliphatic heterocycles. The van der Waals surface area contributed by atoms with E-state index in [4.69, 9.17) is 0 Å². The number of unbranched alkanes of at least 4 members (excludes halogenated alkanes) is 2. The Bertz CT molecular complexity index is 1100. The molecule has 0 aromatic heterocycles. The number of likely N-dealkylation sites (tertiary alicyclic amines) is 2. The summed E-state index contributed by atoms with van der Waals surface area (Å²) in [5, 5.41) is 6.67. The average Bonchev–Trinajstić information content (AvgIpc) is 3.09. The molecule has 0 atom stereocenters. The van der Waals surface area contributed by atoms with Gasteiger partial charge in [-0.1, -0.05) is 60.7 Å². The Balaban J connectivity index is 1.21. The normalized spacial score (nSPS) is 25.3. The number of rotatable bonds is 16. The third kappa shape index (κ3) is 8.41. The van der Waals surface area contributed by atoms with E-state index in [9.17, 15) is 9.59 Å². The molecule has 2 saturated heterocycles. The molecule has 252 valence electrons. The minimum Gasteiger partial charge on any atom is -0.356 e. The minimum absolute atomic E-state index is 0.0965. The van der Waals surface area contributed by atoms with Gasteiger partial charge in [0.15, 0.2) is 0 Å². The second-order valence-electron chi connectivity index (χ2n) is 14.7. The van der Waals surface area contributed by atoms with Gasteiger partial charge in [-0.25, -0.2) is 0 Å². The number of hydrogen-bond acceptors (Lipinski definition) is 2. The first-order valence-electron chi connectivity index (χ1n) is 18.9. The van der Waals surface area contributed by atoms with Gasteiger partial charge in [0.05, 0.1) is 64.2 Å². The fourth-order valence-corrected chi connectivity index (χ4v) is 9.15. The van der Waals surface area contributed by atoms with Crippen molar-refractivity contribution in [2.24, 2.45) is 11.8 Å². The van der Waals surface area contributed by atoms with Crippen molar-refractivity contribution in [2.45, 2.75) is 89.9 Å². The molecule has 2 aromatic rings. The average molecular weight is 631 g/mol. The van der Waals surface area contributed by atoms with Crippen LogP contribution in [0.2, 0.25) is 0 Å². The maximum absolute atomic E-state index is 14.0. The minimum atomic E-state index is -0.260. The van der Waals surface area contributed by atoms with Gasteiger partial charge < -0.3 is 19.6 Å². The topological polar surface area (TPSA) is 58.2 Å². The van der Waals surface area contributed by atoms with Crippen molar-refractivity contribution in [1.82, 2.24) is 10.6 Å². The molecular formula is C40H62N4O2+2. The summed E-state index contributed by atoms with van der Waals surface area (Å²) in [6.45, 7) is 16.2. The van der Waals surface area contributed by atoms with Crippen molar-refractivity contribution in [1.29, 1.82) is 0 Å². The Kier molecular flexibility index (Phi) is 12.7. The van der Waals surface area contributed by atoms with Gasteiger partial charge in [-0.05, 0) is 89.2 Å². The van der Waals surface area contributed by atoms with Gasteiger partial charge in [0.25, 0.3) is 0 Å². The van der Waals surface area contributed by atoms with Crippen LogP contribution in [0.4, 0.5) is 0 Å². The molecule has 0 bridgehead atoms. The van der Waals surface area contributed by atoms with E-state index in [2.05, 4.69) is 48.7 Å². The molecule has 6 nitrogen and oxygen atoms in total. The number of quaternary nitrogens is 2. The Morgan fingerprint density at radius 3 is 1.28 bits per heavy atom. The van der Waals surface area contributed by atoms with E-state index in [0.29, 0.717) is 13.1 Å². The van der Waals surface area contributed by atoms with Crippen molar-refractivity contribution >= 4 is 11.8 Å². The van der Waals surface area contributed by atoms with Gasteiger partial charge in [-0.3, -0.25) is 9.59 Å². The molecule has 3 aliphatic rings. The maximum atomic E-state index is 14.0. The highest BCUT2D eigenvalue weighted by Crippen LogP contribution is 2.57. The van der Waals surface area contributed by atoms with Crippen LogP contribution in [0.1, 0.15) is 101 Å². The quantitative estimate of drug-likeness (QED) is 0.162. The van der Waals surface area contributed by atoms with Crippen LogP contribution in [-0.4, -0.2) is 86.2 Å². The maximum Gasteiger partial charge on any atom is 0.224 e. The van der Waals surface area contributed by atoms with Crippen LogP contribution in [-0.2, 0) is 9.59 Å². The van der Waals surface area contributed by atoms with Gasteiger partial charge >= 0.3 is 0 Å². The third-order valence-electron chi connectivity index (χ3n) is 12.1. The summed E-state index contributed by atoms with van der Waals surface area (Å²) >= 11 is 0. The fourth-order valence-electron chi connectivity index (χ4n) is 9.15. The number of piperidine rings is 2. The SMILES string of the molecule is CC[N+]1(CCCCNC(=O)C2C(c3ccccc3)C(C(=O)NCCCC[N+]3(CC)CCCCC3)C2c2ccccc2)CCCCC1. The summed E-state index contributed by atoms with van der Waals surface area (Å²) in [5.74, 6) is -0.584. The third-order valence-corrected chi connectivity index (χ3v) is 12.1. The molecule has 0 radical (unpaired) electrons. The molecule has 1 saturated carbocycles. The van der Waals surface area contributed by atoms with Crippen LogP contribution in [0.5, 0.6) is 0 Å². The first kappa shape index (κ1) is 34.6. The number of nitrogens with one attached hydrogen (secondary N) is 2. The number of amides is 2. The second kappa shape index (κ2) is 16.9. The summed E-state index contributed by atoms with van der Waals surface area (Å²) in [4.78, 5) is 28.0. The lowest BCUT2D eigenvalue weighted by Crippen LogP contribution is -2.56. The standard InChI is InChI=1S/C40H60N4O2/c1-3-43(27-15-7-16-28-43)31-19-13-25-41-39(45)37-35(33-21-9-5-10-22-33)38(36(37)34-23-11-6-12-24-34)40(46)42-26-14-20-32-44(4-2)29-17-8-18-30-44/h5-6,9-12,21-24,35-38H,3-4,7-8,13-20,25-32H2,1-2H3/p+2. The number of carbonyl (C=O) groups is 2. The van der Waals surface area contributed by atoms with Gasteiger partial charge in [-0.15, -0.1) is 0 Å². The molecule has 2 amide bonds. The Hall–Kier alpha value is -2.70. The highest BCUT2D eigenvalue weighted by Gasteiger charge is 2.57. The van der Waals surface area contributed by atoms with E-state index in [1.807, 2.05) is 36.4 Å². The van der Waals surface area contributed by atoms with Crippen LogP contribution in [0.25, 0.3) is 0 Å². The van der Waals surface area contributed by atoms with Crippen molar-refractivity contribution in [3.05, 3.63) is 71.8 Å². The second-order valence-corrected chi connectivity index (χ2v) is 14.7. The first-order valence-corrected chi connectivity index (χ1v) is 18.9. The summed E-state index contributed by atoms with van der Waals surface area (Å²) in [7, 11) is 0.